The smallest absolute Gasteiger partial charge is 0.187 e. The van der Waals surface area contributed by atoms with Crippen LogP contribution < -0.4 is 0 Å². The number of allylic oxidation sites excluding steroid dienone is 23. The average molecular weight is 539 g/mol. The lowest BCUT2D eigenvalue weighted by molar-refractivity contribution is -0.125. The van der Waals surface area contributed by atoms with Crippen LogP contribution in [0.3, 0.4) is 0 Å². The molecule has 0 fully saturated rings. The summed E-state index contributed by atoms with van der Waals surface area (Å²) in [5, 5.41) is 10.0. The molecule has 0 aromatic heterocycles. The van der Waals surface area contributed by atoms with Gasteiger partial charge >= 0.3 is 0 Å². The summed E-state index contributed by atoms with van der Waals surface area (Å²) < 4.78 is 0. The molecular formula is C37H46O3. The molecular weight excluding hydrogens is 492 g/mol. The molecule has 40 heavy (non-hydrogen) atoms. The molecule has 0 aliphatic heterocycles. The van der Waals surface area contributed by atoms with Gasteiger partial charge in [0.25, 0.3) is 0 Å². The molecule has 0 heterocycles. The number of carbonyl (C=O) groups excluding carboxylic acids is 2. The van der Waals surface area contributed by atoms with Crippen molar-refractivity contribution in [1.29, 1.82) is 0 Å². The second kappa shape index (κ2) is 17.7. The van der Waals surface area contributed by atoms with Gasteiger partial charge in [-0.05, 0) is 70.6 Å². The molecule has 0 aromatic rings. The number of hydrogen-bond donors (Lipinski definition) is 1. The van der Waals surface area contributed by atoms with Gasteiger partial charge < -0.3 is 5.11 Å². The predicted octanol–water partition coefficient (Wildman–Crippen LogP) is 8.93. The molecule has 0 bridgehead atoms. The van der Waals surface area contributed by atoms with E-state index in [2.05, 4.69) is 58.1 Å². The number of ketones is 1. The zero-order chi connectivity index (χ0) is 30.1. The molecule has 0 amide bonds. The van der Waals surface area contributed by atoms with Crippen molar-refractivity contribution in [2.75, 3.05) is 0 Å². The van der Waals surface area contributed by atoms with E-state index < -0.39 is 6.10 Å². The summed E-state index contributed by atoms with van der Waals surface area (Å²) in [5.74, 6) is -0.170. The molecule has 0 unspecified atom stereocenters. The van der Waals surface area contributed by atoms with Crippen molar-refractivity contribution in [1.82, 2.24) is 0 Å². The number of Topliss-reactive ketones (excluding diaryl/α,β-unsaturated/α-hetero) is 1. The van der Waals surface area contributed by atoms with Crippen LogP contribution in [-0.2, 0) is 9.59 Å². The Morgan fingerprint density at radius 3 is 1.48 bits per heavy atom. The topological polar surface area (TPSA) is 54.4 Å². The molecule has 3 heteroatoms. The van der Waals surface area contributed by atoms with Gasteiger partial charge in [0.1, 0.15) is 12.4 Å². The van der Waals surface area contributed by atoms with Crippen LogP contribution in [0.1, 0.15) is 61.8 Å². The molecule has 0 saturated carbocycles. The Bertz CT molecular complexity index is 1270. The number of rotatable bonds is 12. The maximum atomic E-state index is 12.2. The number of carbonyl (C=O) groups is 2. The first-order valence-electron chi connectivity index (χ1n) is 13.7. The molecule has 1 N–H and O–H groups in total. The Morgan fingerprint density at radius 1 is 0.675 bits per heavy atom. The average Bonchev–Trinajstić information content (AvgIpc) is 2.88. The lowest BCUT2D eigenvalue weighted by atomic mass is 9.71. The van der Waals surface area contributed by atoms with Gasteiger partial charge in [0.2, 0.25) is 0 Å². The Labute approximate surface area is 242 Å². The molecule has 0 radical (unpaired) electrons. The van der Waals surface area contributed by atoms with Crippen LogP contribution in [0.25, 0.3) is 0 Å². The summed E-state index contributed by atoms with van der Waals surface area (Å²) in [6.45, 7) is 16.1. The van der Waals surface area contributed by atoms with E-state index in [1.807, 2.05) is 81.5 Å². The summed E-state index contributed by atoms with van der Waals surface area (Å²) in [6.07, 6.45) is 34.0. The molecule has 0 saturated heterocycles. The minimum absolute atomic E-state index is 0.170. The van der Waals surface area contributed by atoms with Crippen LogP contribution in [0, 0.1) is 5.41 Å². The number of aliphatic hydroxyl groups excluding tert-OH is 1. The van der Waals surface area contributed by atoms with Gasteiger partial charge in [-0.15, -0.1) is 0 Å². The fourth-order valence-corrected chi connectivity index (χ4v) is 4.08. The van der Waals surface area contributed by atoms with Gasteiger partial charge in [0.15, 0.2) is 5.78 Å². The van der Waals surface area contributed by atoms with E-state index in [0.29, 0.717) is 12.0 Å². The highest BCUT2D eigenvalue weighted by Gasteiger charge is 2.36. The molecule has 1 atom stereocenters. The third-order valence-electron chi connectivity index (χ3n) is 6.44. The van der Waals surface area contributed by atoms with Crippen LogP contribution in [0.15, 0.2) is 142 Å². The SMILES string of the molecule is CC1=C(/C=C/C(C)=C/C=C/C(C)=C/C=C/C=C(C)/C=C/C=C(C)/C=C/C=C(C)/C=C/C=O)C(C)(C)C[C@@H](O)C1=O. The Kier molecular flexibility index (Phi) is 15.1. The molecule has 212 valence electrons. The predicted molar refractivity (Wildman–Crippen MR) is 172 cm³/mol. The highest BCUT2D eigenvalue weighted by atomic mass is 16.3. The molecule has 3 nitrogen and oxygen atoms in total. The number of hydrogen-bond acceptors (Lipinski definition) is 3. The fourth-order valence-electron chi connectivity index (χ4n) is 4.08. The Balaban J connectivity index is 2.68. The van der Waals surface area contributed by atoms with Crippen LogP contribution in [-0.4, -0.2) is 23.3 Å². The summed E-state index contributed by atoms with van der Waals surface area (Å²) in [5.41, 5.74) is 6.92. The summed E-state index contributed by atoms with van der Waals surface area (Å²) in [6, 6.07) is 0. The highest BCUT2D eigenvalue weighted by molar-refractivity contribution is 6.00. The minimum atomic E-state index is -0.900. The van der Waals surface area contributed by atoms with Gasteiger partial charge in [-0.3, -0.25) is 9.59 Å². The monoisotopic (exact) mass is 538 g/mol. The quantitative estimate of drug-likeness (QED) is 0.153. The Morgan fingerprint density at radius 2 is 1.05 bits per heavy atom. The second-order valence-electron chi connectivity index (χ2n) is 10.9. The first-order chi connectivity index (χ1) is 18.9. The zero-order valence-corrected chi connectivity index (χ0v) is 25.4. The maximum Gasteiger partial charge on any atom is 0.187 e. The summed E-state index contributed by atoms with van der Waals surface area (Å²) in [7, 11) is 0. The largest absolute Gasteiger partial charge is 0.385 e. The lowest BCUT2D eigenvalue weighted by Crippen LogP contribution is -2.35. The molecule has 1 aliphatic carbocycles. The van der Waals surface area contributed by atoms with Crippen molar-refractivity contribution in [3.63, 3.8) is 0 Å². The molecule has 0 aromatic carbocycles. The van der Waals surface area contributed by atoms with E-state index in [4.69, 9.17) is 0 Å². The van der Waals surface area contributed by atoms with Gasteiger partial charge in [-0.25, -0.2) is 0 Å². The third-order valence-corrected chi connectivity index (χ3v) is 6.44. The van der Waals surface area contributed by atoms with E-state index in [1.54, 1.807) is 13.0 Å². The molecule has 1 rings (SSSR count). The van der Waals surface area contributed by atoms with E-state index in [0.717, 1.165) is 39.7 Å². The first kappa shape index (κ1) is 34.2. The highest BCUT2D eigenvalue weighted by Crippen LogP contribution is 2.39. The number of aldehydes is 1. The Hall–Kier alpha value is -3.82. The number of aliphatic hydroxyl groups is 1. The zero-order valence-electron chi connectivity index (χ0n) is 25.4. The van der Waals surface area contributed by atoms with Crippen LogP contribution in [0.2, 0.25) is 0 Å². The van der Waals surface area contributed by atoms with Gasteiger partial charge in [0, 0.05) is 0 Å². The van der Waals surface area contributed by atoms with E-state index in [1.165, 1.54) is 6.08 Å². The molecule has 0 spiro atoms. The van der Waals surface area contributed by atoms with Crippen LogP contribution >= 0.6 is 0 Å². The van der Waals surface area contributed by atoms with Gasteiger partial charge in [-0.2, -0.15) is 0 Å². The molecule has 1 aliphatic rings. The minimum Gasteiger partial charge on any atom is -0.385 e. The van der Waals surface area contributed by atoms with Gasteiger partial charge in [0.05, 0.1) is 0 Å². The van der Waals surface area contributed by atoms with Crippen molar-refractivity contribution in [3.05, 3.63) is 142 Å². The van der Waals surface area contributed by atoms with Crippen molar-refractivity contribution >= 4 is 12.1 Å². The summed E-state index contributed by atoms with van der Waals surface area (Å²) in [4.78, 5) is 22.6. The lowest BCUT2D eigenvalue weighted by Gasteiger charge is -2.34. The van der Waals surface area contributed by atoms with Crippen molar-refractivity contribution in [2.45, 2.75) is 67.9 Å². The van der Waals surface area contributed by atoms with Crippen molar-refractivity contribution in [2.24, 2.45) is 5.41 Å². The van der Waals surface area contributed by atoms with E-state index in [9.17, 15) is 14.7 Å². The van der Waals surface area contributed by atoms with Crippen molar-refractivity contribution in [3.8, 4) is 0 Å². The van der Waals surface area contributed by atoms with Crippen molar-refractivity contribution < 1.29 is 14.7 Å². The van der Waals surface area contributed by atoms with Gasteiger partial charge in [-0.1, -0.05) is 139 Å². The standard InChI is InChI=1S/C37H46O3/c1-28(17-11-19-30(3)20-12-21-31(4)23-14-26-38)15-9-10-16-29(2)18-13-22-32(5)24-25-34-33(6)36(40)35(39)27-37(34,7)8/h9-26,35,39H,27H2,1-8H3/b10-9+,17-11+,18-13+,20-12+,23-14+,25-24+,28-15+,29-16+,30-19+,31-21+,32-22+/t35-/m1/s1. The van der Waals surface area contributed by atoms with E-state index in [-0.39, 0.29) is 11.2 Å². The second-order valence-corrected chi connectivity index (χ2v) is 10.9. The maximum absolute atomic E-state index is 12.2. The third kappa shape index (κ3) is 13.3. The summed E-state index contributed by atoms with van der Waals surface area (Å²) >= 11 is 0. The first-order valence-corrected chi connectivity index (χ1v) is 13.7. The fraction of sp³-hybridized carbons (Fsp3) is 0.297. The normalized spacial score (nSPS) is 20.7. The van der Waals surface area contributed by atoms with Crippen LogP contribution in [0.5, 0.6) is 0 Å². The van der Waals surface area contributed by atoms with E-state index >= 15 is 0 Å². The van der Waals surface area contributed by atoms with Crippen LogP contribution in [0.4, 0.5) is 0 Å².